The molecule has 1 aromatic carbocycles. The largest absolute Gasteiger partial charge is 0.341 e. The number of halogens is 2. The third-order valence-electron chi connectivity index (χ3n) is 5.01. The molecule has 2 aliphatic rings. The Hall–Kier alpha value is -1.74. The summed E-state index contributed by atoms with van der Waals surface area (Å²) in [7, 11) is -4.62. The van der Waals surface area contributed by atoms with E-state index in [2.05, 4.69) is 10.2 Å². The molecule has 0 radical (unpaired) electrons. The number of anilines is 1. The molecule has 2 amide bonds. The van der Waals surface area contributed by atoms with Crippen molar-refractivity contribution in [2.75, 3.05) is 31.5 Å². The maximum atomic E-state index is 12.5. The van der Waals surface area contributed by atoms with Crippen LogP contribution in [0.4, 0.5) is 19.3 Å². The molecule has 9 heteroatoms. The number of piperidine rings is 1. The fourth-order valence-electron chi connectivity index (χ4n) is 3.58. The minimum Gasteiger partial charge on any atom is -0.323 e. The fraction of sp³-hybridized carbons (Fsp3) is 0.588. The molecular formula is C17H23F2N3O3S. The van der Waals surface area contributed by atoms with Crippen molar-refractivity contribution in [1.29, 1.82) is 0 Å². The van der Waals surface area contributed by atoms with E-state index in [1.54, 1.807) is 4.90 Å². The quantitative estimate of drug-likeness (QED) is 0.863. The summed E-state index contributed by atoms with van der Waals surface area (Å²) in [6.07, 6.45) is 4.44. The molecular weight excluding hydrogens is 364 g/mol. The number of sulfone groups is 1. The summed E-state index contributed by atoms with van der Waals surface area (Å²) in [6.45, 7) is 3.51. The van der Waals surface area contributed by atoms with Gasteiger partial charge >= 0.3 is 11.8 Å². The molecule has 2 heterocycles. The average Bonchev–Trinajstić information content (AvgIpc) is 3.17. The van der Waals surface area contributed by atoms with Crippen molar-refractivity contribution in [3.8, 4) is 0 Å². The number of alkyl halides is 2. The lowest BCUT2D eigenvalue weighted by Crippen LogP contribution is -2.50. The zero-order chi connectivity index (χ0) is 18.7. The minimum atomic E-state index is -4.62. The monoisotopic (exact) mass is 387 g/mol. The maximum absolute atomic E-state index is 12.5. The molecule has 2 saturated heterocycles. The highest BCUT2D eigenvalue weighted by Crippen LogP contribution is 2.23. The van der Waals surface area contributed by atoms with E-state index in [1.807, 2.05) is 0 Å². The molecule has 0 aliphatic carbocycles. The highest BCUT2D eigenvalue weighted by Gasteiger charge is 2.29. The molecule has 0 saturated carbocycles. The molecule has 0 aromatic heterocycles. The summed E-state index contributed by atoms with van der Waals surface area (Å²) in [5, 5.41) is 2.72. The molecule has 1 atom stereocenters. The lowest BCUT2D eigenvalue weighted by molar-refractivity contribution is 0.132. The van der Waals surface area contributed by atoms with Crippen LogP contribution in [-0.4, -0.2) is 62.2 Å². The Morgan fingerprint density at radius 1 is 1.08 bits per heavy atom. The number of nitrogens with zero attached hydrogens (tertiary/aromatic N) is 2. The molecule has 2 aliphatic heterocycles. The number of carbonyl (C=O) groups excluding carboxylic acids is 1. The SMILES string of the molecule is O=C(Nc1ccc(S(=O)(=O)C(F)F)cc1)N1CCC[C@@H](N2CCCC2)C1. The predicted molar refractivity (Wildman–Crippen MR) is 94.1 cm³/mol. The van der Waals surface area contributed by atoms with Crippen LogP contribution in [0.25, 0.3) is 0 Å². The summed E-state index contributed by atoms with van der Waals surface area (Å²) < 4.78 is 47.9. The maximum Gasteiger partial charge on any atom is 0.341 e. The molecule has 1 aromatic rings. The molecule has 1 N–H and O–H groups in total. The van der Waals surface area contributed by atoms with Crippen LogP contribution in [0.3, 0.4) is 0 Å². The zero-order valence-corrected chi connectivity index (χ0v) is 15.2. The molecule has 144 valence electrons. The number of urea groups is 1. The lowest BCUT2D eigenvalue weighted by Gasteiger charge is -2.37. The number of amides is 2. The molecule has 26 heavy (non-hydrogen) atoms. The van der Waals surface area contributed by atoms with Gasteiger partial charge in [-0.3, -0.25) is 4.90 Å². The van der Waals surface area contributed by atoms with Crippen LogP contribution >= 0.6 is 0 Å². The molecule has 2 fully saturated rings. The second-order valence-electron chi connectivity index (χ2n) is 6.75. The Labute approximate surface area is 152 Å². The van der Waals surface area contributed by atoms with E-state index in [9.17, 15) is 22.0 Å². The zero-order valence-electron chi connectivity index (χ0n) is 14.4. The van der Waals surface area contributed by atoms with Crippen LogP contribution in [0.2, 0.25) is 0 Å². The number of hydrogen-bond donors (Lipinski definition) is 1. The van der Waals surface area contributed by atoms with Gasteiger partial charge in [0.2, 0.25) is 9.84 Å². The van der Waals surface area contributed by atoms with E-state index in [4.69, 9.17) is 0 Å². The van der Waals surface area contributed by atoms with Gasteiger partial charge in [0, 0.05) is 24.8 Å². The van der Waals surface area contributed by atoms with Gasteiger partial charge in [-0.1, -0.05) is 0 Å². The smallest absolute Gasteiger partial charge is 0.323 e. The minimum absolute atomic E-state index is 0.252. The van der Waals surface area contributed by atoms with Gasteiger partial charge in [-0.2, -0.15) is 8.78 Å². The second kappa shape index (κ2) is 7.87. The Morgan fingerprint density at radius 3 is 2.35 bits per heavy atom. The normalized spacial score (nSPS) is 22.0. The predicted octanol–water partition coefficient (Wildman–Crippen LogP) is 2.78. The number of benzene rings is 1. The average molecular weight is 387 g/mol. The number of rotatable bonds is 4. The van der Waals surface area contributed by atoms with Crippen molar-refractivity contribution in [2.24, 2.45) is 0 Å². The Bertz CT molecular complexity index is 734. The van der Waals surface area contributed by atoms with Crippen LogP contribution in [0.1, 0.15) is 25.7 Å². The first-order valence-corrected chi connectivity index (χ1v) is 10.3. The van der Waals surface area contributed by atoms with Gasteiger partial charge in [-0.05, 0) is 63.0 Å². The van der Waals surface area contributed by atoms with Crippen LogP contribution < -0.4 is 5.32 Å². The molecule has 0 spiro atoms. The van der Waals surface area contributed by atoms with Crippen LogP contribution in [0, 0.1) is 0 Å². The van der Waals surface area contributed by atoms with Crippen molar-refractivity contribution in [1.82, 2.24) is 9.80 Å². The van der Waals surface area contributed by atoms with Gasteiger partial charge in [0.15, 0.2) is 0 Å². The van der Waals surface area contributed by atoms with Gasteiger partial charge in [-0.15, -0.1) is 0 Å². The Kier molecular flexibility index (Phi) is 5.76. The summed E-state index contributed by atoms with van der Waals surface area (Å²) >= 11 is 0. The fourth-order valence-corrected chi connectivity index (χ4v) is 4.30. The summed E-state index contributed by atoms with van der Waals surface area (Å²) in [5.41, 5.74) is 0.381. The van der Waals surface area contributed by atoms with Crippen LogP contribution in [0.5, 0.6) is 0 Å². The van der Waals surface area contributed by atoms with Crippen molar-refractivity contribution in [2.45, 2.75) is 42.4 Å². The Morgan fingerprint density at radius 2 is 1.73 bits per heavy atom. The summed E-state index contributed by atoms with van der Waals surface area (Å²) in [5.74, 6) is -3.46. The number of nitrogens with one attached hydrogen (secondary N) is 1. The third kappa shape index (κ3) is 4.15. The summed E-state index contributed by atoms with van der Waals surface area (Å²) in [6, 6.07) is 4.96. The van der Waals surface area contributed by atoms with Crippen LogP contribution in [0.15, 0.2) is 29.2 Å². The lowest BCUT2D eigenvalue weighted by atomic mass is 10.0. The number of likely N-dealkylation sites (tertiary alicyclic amines) is 2. The summed E-state index contributed by atoms with van der Waals surface area (Å²) in [4.78, 5) is 16.2. The van der Waals surface area contributed by atoms with Gasteiger partial charge in [0.05, 0.1) is 4.90 Å². The van der Waals surface area contributed by atoms with Gasteiger partial charge in [0.25, 0.3) is 0 Å². The van der Waals surface area contributed by atoms with Crippen molar-refractivity contribution >= 4 is 21.6 Å². The van der Waals surface area contributed by atoms with Crippen molar-refractivity contribution in [3.05, 3.63) is 24.3 Å². The highest BCUT2D eigenvalue weighted by molar-refractivity contribution is 7.91. The first-order valence-electron chi connectivity index (χ1n) is 8.80. The van der Waals surface area contributed by atoms with Gasteiger partial charge in [-0.25, -0.2) is 13.2 Å². The molecule has 6 nitrogen and oxygen atoms in total. The molecule has 3 rings (SSSR count). The Balaban J connectivity index is 1.60. The molecule has 0 bridgehead atoms. The van der Waals surface area contributed by atoms with Crippen LogP contribution in [-0.2, 0) is 9.84 Å². The van der Waals surface area contributed by atoms with Gasteiger partial charge in [0.1, 0.15) is 0 Å². The van der Waals surface area contributed by atoms with E-state index in [-0.39, 0.29) is 6.03 Å². The molecule has 0 unspecified atom stereocenters. The van der Waals surface area contributed by atoms with E-state index < -0.39 is 20.5 Å². The van der Waals surface area contributed by atoms with Crippen molar-refractivity contribution in [3.63, 3.8) is 0 Å². The van der Waals surface area contributed by atoms with Gasteiger partial charge < -0.3 is 10.2 Å². The number of hydrogen-bond acceptors (Lipinski definition) is 4. The first-order chi connectivity index (χ1) is 12.4. The standard InChI is InChI=1S/C17H23F2N3O3S/c18-16(19)26(24,25)15-7-5-13(6-8-15)20-17(23)22-11-3-4-14(12-22)21-9-1-2-10-21/h5-8,14,16H,1-4,9-12H2,(H,20,23)/t14-/m1/s1. The second-order valence-corrected chi connectivity index (χ2v) is 8.66. The van der Waals surface area contributed by atoms with E-state index in [0.29, 0.717) is 24.8 Å². The first kappa shape index (κ1) is 19.0. The van der Waals surface area contributed by atoms with E-state index >= 15 is 0 Å². The van der Waals surface area contributed by atoms with E-state index in [0.717, 1.165) is 38.1 Å². The van der Waals surface area contributed by atoms with Crippen molar-refractivity contribution < 1.29 is 22.0 Å². The topological polar surface area (TPSA) is 69.7 Å². The number of carbonyl (C=O) groups is 1. The highest BCUT2D eigenvalue weighted by atomic mass is 32.2. The van der Waals surface area contributed by atoms with E-state index in [1.165, 1.54) is 25.0 Å². The third-order valence-corrected chi connectivity index (χ3v) is 6.41.